The lowest BCUT2D eigenvalue weighted by Gasteiger charge is -2.15. The van der Waals surface area contributed by atoms with Crippen LogP contribution in [0.2, 0.25) is 0 Å². The van der Waals surface area contributed by atoms with Crippen molar-refractivity contribution in [2.45, 2.75) is 65.1 Å². The normalized spacial score (nSPS) is 12.3. The van der Waals surface area contributed by atoms with Crippen LogP contribution in [0.5, 0.6) is 0 Å². The number of carbonyl (C=O) groups is 1. The van der Waals surface area contributed by atoms with Gasteiger partial charge in [0.05, 0.1) is 22.3 Å². The number of ketones is 1. The summed E-state index contributed by atoms with van der Waals surface area (Å²) in [5.41, 5.74) is 5.36. The van der Waals surface area contributed by atoms with Gasteiger partial charge in [0.1, 0.15) is 0 Å². The van der Waals surface area contributed by atoms with Crippen LogP contribution in [0, 0.1) is 13.8 Å². The molecule has 35 heavy (non-hydrogen) atoms. The van der Waals surface area contributed by atoms with Crippen molar-refractivity contribution in [3.8, 4) is 5.69 Å². The first-order valence-corrected chi connectivity index (χ1v) is 13.3. The topological polar surface area (TPSA) is 56.9 Å². The number of Topliss-reactive ketones (excluding diaryl/α,β-unsaturated/α-hetero) is 1. The van der Waals surface area contributed by atoms with Crippen LogP contribution in [0.4, 0.5) is 0 Å². The van der Waals surface area contributed by atoms with Gasteiger partial charge in [-0.25, -0.2) is 4.98 Å². The summed E-state index contributed by atoms with van der Waals surface area (Å²) in [5.74, 6) is 0.715. The highest BCUT2D eigenvalue weighted by molar-refractivity contribution is 7.99. The lowest BCUT2D eigenvalue weighted by atomic mass is 9.98. The molecule has 0 saturated carbocycles. The van der Waals surface area contributed by atoms with Gasteiger partial charge in [0, 0.05) is 23.5 Å². The van der Waals surface area contributed by atoms with E-state index in [1.807, 2.05) is 50.2 Å². The minimum atomic E-state index is -0.122. The second-order valence-corrected chi connectivity index (χ2v) is 10.0. The molecule has 182 valence electrons. The van der Waals surface area contributed by atoms with Gasteiger partial charge < -0.3 is 4.57 Å². The van der Waals surface area contributed by atoms with Crippen LogP contribution in [0.3, 0.4) is 0 Å². The molecular formula is C29H33N3O2S. The van der Waals surface area contributed by atoms with Crippen molar-refractivity contribution in [2.24, 2.45) is 0 Å². The number of thioether (sulfide) groups is 1. The third kappa shape index (κ3) is 4.98. The molecule has 2 aromatic carbocycles. The molecule has 0 aliphatic heterocycles. The maximum atomic E-state index is 13.5. The smallest absolute Gasteiger partial charge is 0.266 e. The van der Waals surface area contributed by atoms with Crippen LogP contribution in [0.1, 0.15) is 66.8 Å². The number of fused-ring (bicyclic) bond motifs is 1. The molecule has 0 aliphatic carbocycles. The minimum absolute atomic E-state index is 0.0477. The van der Waals surface area contributed by atoms with E-state index in [-0.39, 0.29) is 17.1 Å². The Bertz CT molecular complexity index is 1420. The molecule has 6 heteroatoms. The molecule has 5 nitrogen and oxygen atoms in total. The highest BCUT2D eigenvalue weighted by Gasteiger charge is 2.19. The largest absolute Gasteiger partial charge is 0.348 e. The molecule has 4 rings (SSSR count). The number of carbonyl (C=O) groups excluding carboxylic acids is 1. The van der Waals surface area contributed by atoms with Gasteiger partial charge in [-0.05, 0) is 68.5 Å². The number of nitrogens with zero attached hydrogens (tertiary/aromatic N) is 3. The van der Waals surface area contributed by atoms with E-state index >= 15 is 0 Å². The van der Waals surface area contributed by atoms with Crippen molar-refractivity contribution in [1.82, 2.24) is 14.1 Å². The highest BCUT2D eigenvalue weighted by Crippen LogP contribution is 2.26. The average Bonchev–Trinajstić information content (AvgIpc) is 3.16. The number of para-hydroxylation sites is 1. The van der Waals surface area contributed by atoms with Crippen LogP contribution >= 0.6 is 11.8 Å². The zero-order valence-electron chi connectivity index (χ0n) is 21.2. The fourth-order valence-corrected chi connectivity index (χ4v) is 5.38. The van der Waals surface area contributed by atoms with Gasteiger partial charge in [0.2, 0.25) is 0 Å². The van der Waals surface area contributed by atoms with E-state index in [0.29, 0.717) is 22.0 Å². The van der Waals surface area contributed by atoms with E-state index in [1.54, 1.807) is 10.6 Å². The van der Waals surface area contributed by atoms with Gasteiger partial charge in [0.25, 0.3) is 5.56 Å². The van der Waals surface area contributed by atoms with E-state index in [2.05, 4.69) is 37.5 Å². The fourth-order valence-electron chi connectivity index (χ4n) is 4.48. The third-order valence-electron chi connectivity index (χ3n) is 6.73. The second-order valence-electron chi connectivity index (χ2n) is 9.10. The number of aromatic nitrogens is 3. The standard InChI is InChI=1S/C29H33N3O2S/c1-6-16-31-20(4)17-25(21(31)5)27(33)18-35-29-30-26-11-9-8-10-24(26)28(34)32(29)23-14-12-22(13-15-23)19(3)7-2/h8-15,17,19H,6-7,16,18H2,1-5H3. The fraction of sp³-hybridized carbons (Fsp3) is 0.345. The molecule has 0 N–H and O–H groups in total. The number of hydrogen-bond acceptors (Lipinski definition) is 4. The summed E-state index contributed by atoms with van der Waals surface area (Å²) in [7, 11) is 0. The second kappa shape index (κ2) is 10.6. The summed E-state index contributed by atoms with van der Waals surface area (Å²) < 4.78 is 3.84. The average molecular weight is 488 g/mol. The Kier molecular flexibility index (Phi) is 7.60. The Morgan fingerprint density at radius 1 is 1.06 bits per heavy atom. The van der Waals surface area contributed by atoms with Gasteiger partial charge in [-0.15, -0.1) is 0 Å². The van der Waals surface area contributed by atoms with E-state index in [0.717, 1.165) is 42.0 Å². The highest BCUT2D eigenvalue weighted by atomic mass is 32.2. The molecular weight excluding hydrogens is 454 g/mol. The Morgan fingerprint density at radius 2 is 1.77 bits per heavy atom. The zero-order chi connectivity index (χ0) is 25.1. The Hall–Kier alpha value is -3.12. The summed E-state index contributed by atoms with van der Waals surface area (Å²) in [6, 6.07) is 17.5. The quantitative estimate of drug-likeness (QED) is 0.150. The molecule has 0 bridgehead atoms. The Labute approximate surface area is 211 Å². The molecule has 1 atom stereocenters. The first-order chi connectivity index (χ1) is 16.8. The Balaban J connectivity index is 1.71. The summed E-state index contributed by atoms with van der Waals surface area (Å²) in [4.78, 5) is 31.5. The number of aryl methyl sites for hydroxylation is 1. The lowest BCUT2D eigenvalue weighted by Crippen LogP contribution is -2.22. The maximum absolute atomic E-state index is 13.5. The number of hydrogen-bond donors (Lipinski definition) is 0. The molecule has 2 aromatic heterocycles. The SMILES string of the molecule is CCCn1c(C)cc(C(=O)CSc2nc3ccccc3c(=O)n2-c2ccc(C(C)CC)cc2)c1C. The summed E-state index contributed by atoms with van der Waals surface area (Å²) in [6.45, 7) is 11.4. The van der Waals surface area contributed by atoms with E-state index in [4.69, 9.17) is 4.98 Å². The van der Waals surface area contributed by atoms with Crippen molar-refractivity contribution < 1.29 is 4.79 Å². The summed E-state index contributed by atoms with van der Waals surface area (Å²) in [6.07, 6.45) is 2.07. The van der Waals surface area contributed by atoms with Crippen molar-refractivity contribution in [1.29, 1.82) is 0 Å². The Morgan fingerprint density at radius 3 is 2.46 bits per heavy atom. The molecule has 0 aliphatic rings. The minimum Gasteiger partial charge on any atom is -0.348 e. The van der Waals surface area contributed by atoms with Gasteiger partial charge in [-0.3, -0.25) is 14.2 Å². The monoisotopic (exact) mass is 487 g/mol. The zero-order valence-corrected chi connectivity index (χ0v) is 22.0. The molecule has 2 heterocycles. The van der Waals surface area contributed by atoms with Crippen LogP contribution in [-0.4, -0.2) is 25.7 Å². The van der Waals surface area contributed by atoms with Crippen molar-refractivity contribution >= 4 is 28.4 Å². The van der Waals surface area contributed by atoms with Crippen molar-refractivity contribution in [3.05, 3.63) is 87.5 Å². The summed E-state index contributed by atoms with van der Waals surface area (Å²) >= 11 is 1.32. The predicted molar refractivity (Wildman–Crippen MR) is 145 cm³/mol. The molecule has 1 unspecified atom stereocenters. The third-order valence-corrected chi connectivity index (χ3v) is 7.67. The number of benzene rings is 2. The number of rotatable bonds is 9. The van der Waals surface area contributed by atoms with Gasteiger partial charge in [-0.1, -0.05) is 56.8 Å². The van der Waals surface area contributed by atoms with Crippen LogP contribution in [0.15, 0.2) is 64.5 Å². The molecule has 4 aromatic rings. The first kappa shape index (κ1) is 25.0. The molecule has 0 saturated heterocycles. The predicted octanol–water partition coefficient (Wildman–Crippen LogP) is 6.70. The van der Waals surface area contributed by atoms with E-state index in [9.17, 15) is 9.59 Å². The van der Waals surface area contributed by atoms with Gasteiger partial charge >= 0.3 is 0 Å². The van der Waals surface area contributed by atoms with Crippen molar-refractivity contribution in [3.63, 3.8) is 0 Å². The molecule has 0 spiro atoms. The van der Waals surface area contributed by atoms with Gasteiger partial charge in [-0.2, -0.15) is 0 Å². The van der Waals surface area contributed by atoms with Crippen LogP contribution in [0.25, 0.3) is 16.6 Å². The first-order valence-electron chi connectivity index (χ1n) is 12.3. The molecule has 0 amide bonds. The van der Waals surface area contributed by atoms with Crippen molar-refractivity contribution in [2.75, 3.05) is 5.75 Å². The van der Waals surface area contributed by atoms with Crippen LogP contribution in [-0.2, 0) is 6.54 Å². The lowest BCUT2D eigenvalue weighted by molar-refractivity contribution is 0.102. The van der Waals surface area contributed by atoms with Gasteiger partial charge in [0.15, 0.2) is 10.9 Å². The van der Waals surface area contributed by atoms with E-state index < -0.39 is 0 Å². The van der Waals surface area contributed by atoms with E-state index in [1.165, 1.54) is 17.3 Å². The van der Waals surface area contributed by atoms with Crippen LogP contribution < -0.4 is 5.56 Å². The molecule has 0 radical (unpaired) electrons. The maximum Gasteiger partial charge on any atom is 0.266 e. The summed E-state index contributed by atoms with van der Waals surface area (Å²) in [5, 5.41) is 1.10. The molecule has 0 fully saturated rings.